The largest absolute Gasteiger partial charge is 0.506 e. The Labute approximate surface area is 137 Å². The van der Waals surface area contributed by atoms with Crippen molar-refractivity contribution in [1.82, 2.24) is 0 Å². The molecule has 0 aliphatic carbocycles. The van der Waals surface area contributed by atoms with Crippen LogP contribution in [0.2, 0.25) is 0 Å². The molecule has 113 valence electrons. The molecule has 0 aliphatic rings. The van der Waals surface area contributed by atoms with Crippen LogP contribution in [0.5, 0.6) is 0 Å². The molecule has 0 aromatic heterocycles. The molecule has 3 rings (SSSR count). The summed E-state index contributed by atoms with van der Waals surface area (Å²) >= 11 is 0. The highest BCUT2D eigenvalue weighted by Crippen LogP contribution is 2.09. The van der Waals surface area contributed by atoms with E-state index in [0.717, 1.165) is 15.6 Å². The van der Waals surface area contributed by atoms with Gasteiger partial charge in [0.25, 0.3) is 5.97 Å². The Morgan fingerprint density at radius 2 is 0.957 bits per heavy atom. The highest BCUT2D eigenvalue weighted by molar-refractivity contribution is 7.07. The van der Waals surface area contributed by atoms with E-state index in [1.54, 1.807) is 0 Å². The number of hydrogen-bond acceptors (Lipinski definition) is 2. The van der Waals surface area contributed by atoms with Crippen LogP contribution in [0.4, 0.5) is 0 Å². The first kappa shape index (κ1) is 15.3. The van der Waals surface area contributed by atoms with Crippen molar-refractivity contribution >= 4 is 29.8 Å². The molecule has 3 aromatic rings. The zero-order valence-electron chi connectivity index (χ0n) is 12.7. The summed E-state index contributed by atoms with van der Waals surface area (Å²) in [6.45, 7) is 3.47. The van der Waals surface area contributed by atoms with Crippen molar-refractivity contribution in [2.45, 2.75) is 0 Å². The third-order valence-corrected chi connectivity index (χ3v) is 7.78. The summed E-state index contributed by atoms with van der Waals surface area (Å²) in [6.07, 6.45) is 0. The number of hydrogen-bond donors (Lipinski definition) is 0. The van der Waals surface area contributed by atoms with E-state index in [1.165, 1.54) is 0 Å². The van der Waals surface area contributed by atoms with Crippen LogP contribution in [-0.2, 0) is 9.22 Å². The van der Waals surface area contributed by atoms with E-state index in [2.05, 4.69) is 6.92 Å². The van der Waals surface area contributed by atoms with Crippen molar-refractivity contribution in [3.63, 3.8) is 0 Å². The highest BCUT2D eigenvalue weighted by Gasteiger charge is 2.44. The maximum absolute atomic E-state index is 11.9. The van der Waals surface area contributed by atoms with E-state index in [0.29, 0.717) is 0 Å². The summed E-state index contributed by atoms with van der Waals surface area (Å²) in [5.41, 5.74) is 0. The molecule has 3 heteroatoms. The van der Waals surface area contributed by atoms with Crippen molar-refractivity contribution in [2.75, 3.05) is 0 Å². The van der Waals surface area contributed by atoms with Gasteiger partial charge >= 0.3 is 8.32 Å². The maximum Gasteiger partial charge on any atom is 0.350 e. The molecule has 0 unspecified atom stereocenters. The van der Waals surface area contributed by atoms with E-state index in [-0.39, 0.29) is 0 Å². The van der Waals surface area contributed by atoms with E-state index in [4.69, 9.17) is 4.43 Å². The predicted octanol–water partition coefficient (Wildman–Crippen LogP) is 2.03. The minimum atomic E-state index is -2.90. The normalized spacial score (nSPS) is 11.0. The average molecular weight is 317 g/mol. The van der Waals surface area contributed by atoms with Crippen molar-refractivity contribution in [1.29, 1.82) is 0 Å². The summed E-state index contributed by atoms with van der Waals surface area (Å²) in [6, 6.07) is 29.9. The molecule has 0 heterocycles. The lowest BCUT2D eigenvalue weighted by atomic mass is 10.3. The second-order valence-corrected chi connectivity index (χ2v) is 8.55. The first-order valence-corrected chi connectivity index (χ1v) is 9.36. The standard InChI is InChI=1S/C20H17O2Si/c1-17(21)22-23(18-11-5-2-6-12-18,19-13-7-3-8-14-19)20-15-9-4-10-16-20/h2-16H,1H2. The van der Waals surface area contributed by atoms with Gasteiger partial charge in [0.05, 0.1) is 6.92 Å². The molecule has 23 heavy (non-hydrogen) atoms. The Balaban J connectivity index is 2.32. The maximum atomic E-state index is 11.9. The lowest BCUT2D eigenvalue weighted by molar-refractivity contribution is -0.129. The molecule has 3 aromatic carbocycles. The molecule has 0 fully saturated rings. The molecule has 0 saturated carbocycles. The third kappa shape index (κ3) is 2.96. The zero-order chi connectivity index (χ0) is 16.1. The van der Waals surface area contributed by atoms with Gasteiger partial charge in [0, 0.05) is 0 Å². The minimum Gasteiger partial charge on any atom is -0.506 e. The predicted molar refractivity (Wildman–Crippen MR) is 95.4 cm³/mol. The van der Waals surface area contributed by atoms with Gasteiger partial charge in [0.2, 0.25) is 0 Å². The molecular weight excluding hydrogens is 300 g/mol. The highest BCUT2D eigenvalue weighted by atomic mass is 28.4. The van der Waals surface area contributed by atoms with Crippen molar-refractivity contribution in [2.24, 2.45) is 0 Å². The van der Waals surface area contributed by atoms with E-state index in [9.17, 15) is 4.79 Å². The second-order valence-electron chi connectivity index (χ2n) is 5.25. The summed E-state index contributed by atoms with van der Waals surface area (Å²) in [5.74, 6) is -0.506. The van der Waals surface area contributed by atoms with Gasteiger partial charge in [-0.15, -0.1) is 0 Å². The van der Waals surface area contributed by atoms with Crippen LogP contribution in [0, 0.1) is 6.92 Å². The lowest BCUT2D eigenvalue weighted by Gasteiger charge is -2.31. The molecule has 0 bridgehead atoms. The molecule has 0 atom stereocenters. The minimum absolute atomic E-state index is 0.506. The fraction of sp³-hybridized carbons (Fsp3) is 0. The van der Waals surface area contributed by atoms with Crippen molar-refractivity contribution < 1.29 is 9.22 Å². The van der Waals surface area contributed by atoms with Crippen LogP contribution >= 0.6 is 0 Å². The van der Waals surface area contributed by atoms with Gasteiger partial charge in [-0.05, 0) is 15.6 Å². The molecule has 0 amide bonds. The summed E-state index contributed by atoms with van der Waals surface area (Å²) in [5, 5.41) is 3.07. The Hall–Kier alpha value is -2.65. The summed E-state index contributed by atoms with van der Waals surface area (Å²) in [4.78, 5) is 11.9. The summed E-state index contributed by atoms with van der Waals surface area (Å²) < 4.78 is 5.98. The van der Waals surface area contributed by atoms with Gasteiger partial charge in [-0.3, -0.25) is 4.79 Å². The van der Waals surface area contributed by atoms with Gasteiger partial charge in [0.1, 0.15) is 0 Å². The van der Waals surface area contributed by atoms with Crippen LogP contribution in [-0.4, -0.2) is 14.3 Å². The first-order chi connectivity index (χ1) is 11.2. The SMILES string of the molecule is [CH2]C(=O)O[Si](c1ccccc1)(c1ccccc1)c1ccccc1. The van der Waals surface area contributed by atoms with Gasteiger partial charge in [-0.2, -0.15) is 0 Å². The molecule has 0 spiro atoms. The van der Waals surface area contributed by atoms with Crippen LogP contribution in [0.1, 0.15) is 0 Å². The first-order valence-electron chi connectivity index (χ1n) is 7.45. The molecular formula is C20H17O2Si. The smallest absolute Gasteiger partial charge is 0.350 e. The molecule has 0 N–H and O–H groups in total. The zero-order valence-corrected chi connectivity index (χ0v) is 13.7. The average Bonchev–Trinajstić information content (AvgIpc) is 2.62. The van der Waals surface area contributed by atoms with Crippen LogP contribution in [0.3, 0.4) is 0 Å². The fourth-order valence-corrected chi connectivity index (χ4v) is 6.55. The molecule has 0 saturated heterocycles. The number of benzene rings is 3. The number of carbonyl (C=O) groups excluding carboxylic acids is 1. The topological polar surface area (TPSA) is 26.3 Å². The lowest BCUT2D eigenvalue weighted by Crippen LogP contribution is -2.69. The van der Waals surface area contributed by atoms with Crippen LogP contribution in [0.15, 0.2) is 91.0 Å². The van der Waals surface area contributed by atoms with E-state index >= 15 is 0 Å². The molecule has 2 nitrogen and oxygen atoms in total. The quantitative estimate of drug-likeness (QED) is 0.544. The number of carbonyl (C=O) groups is 1. The fourth-order valence-electron chi connectivity index (χ4n) is 2.87. The Morgan fingerprint density at radius 3 is 1.22 bits per heavy atom. The van der Waals surface area contributed by atoms with Gasteiger partial charge < -0.3 is 4.43 Å². The number of rotatable bonds is 4. The van der Waals surface area contributed by atoms with Crippen LogP contribution < -0.4 is 15.6 Å². The Bertz CT molecular complexity index is 674. The van der Waals surface area contributed by atoms with Gasteiger partial charge in [-0.25, -0.2) is 0 Å². The van der Waals surface area contributed by atoms with Crippen molar-refractivity contribution in [3.05, 3.63) is 97.9 Å². The third-order valence-electron chi connectivity index (χ3n) is 3.81. The Morgan fingerprint density at radius 1 is 0.652 bits per heavy atom. The molecule has 1 radical (unpaired) electrons. The van der Waals surface area contributed by atoms with E-state index < -0.39 is 14.3 Å². The van der Waals surface area contributed by atoms with Crippen LogP contribution in [0.25, 0.3) is 0 Å². The monoisotopic (exact) mass is 317 g/mol. The Kier molecular flexibility index (Phi) is 4.39. The summed E-state index contributed by atoms with van der Waals surface area (Å²) in [7, 11) is -2.90. The second kappa shape index (κ2) is 6.63. The van der Waals surface area contributed by atoms with E-state index in [1.807, 2.05) is 91.0 Å². The van der Waals surface area contributed by atoms with Gasteiger partial charge in [-0.1, -0.05) is 91.0 Å². The van der Waals surface area contributed by atoms with Gasteiger partial charge in [0.15, 0.2) is 0 Å². The van der Waals surface area contributed by atoms with Crippen molar-refractivity contribution in [3.8, 4) is 0 Å². The molecule has 0 aliphatic heterocycles.